The fraction of sp³-hybridized carbons (Fsp3) is 0.188. The Morgan fingerprint density at radius 3 is 2.82 bits per heavy atom. The van der Waals surface area contributed by atoms with Crippen LogP contribution in [0.5, 0.6) is 5.75 Å². The van der Waals surface area contributed by atoms with E-state index in [4.69, 9.17) is 44.6 Å². The van der Waals surface area contributed by atoms with Gasteiger partial charge in [-0.05, 0) is 38.1 Å². The lowest BCUT2D eigenvalue weighted by atomic mass is 10.2. The predicted octanol–water partition coefficient (Wildman–Crippen LogP) is 5.55. The number of benzene rings is 1. The van der Waals surface area contributed by atoms with Gasteiger partial charge in [-0.25, -0.2) is 0 Å². The number of furan rings is 1. The molecule has 0 radical (unpaired) electrons. The Balaban J connectivity index is 2.10. The Morgan fingerprint density at radius 2 is 2.18 bits per heavy atom. The molecule has 0 fully saturated rings. The maximum atomic E-state index is 6.12. The van der Waals surface area contributed by atoms with E-state index in [9.17, 15) is 0 Å². The third-order valence-electron chi connectivity index (χ3n) is 2.90. The summed E-state index contributed by atoms with van der Waals surface area (Å²) in [7, 11) is 0. The van der Waals surface area contributed by atoms with Gasteiger partial charge in [0.25, 0.3) is 0 Å². The maximum absolute atomic E-state index is 6.12. The standard InChI is InChI=1S/C16H15Cl2NO2S/c1-10(17)5-7-21-15-9-12(3-4-14(15)18)19-16(22)13-6-8-20-11(13)2/h3-6,8-9H,7H2,1-2H3,(H,19,22)/b10-5-. The van der Waals surface area contributed by atoms with Gasteiger partial charge in [-0.15, -0.1) is 0 Å². The first-order valence-electron chi connectivity index (χ1n) is 6.57. The predicted molar refractivity (Wildman–Crippen MR) is 95.3 cm³/mol. The quantitative estimate of drug-likeness (QED) is 0.712. The van der Waals surface area contributed by atoms with Crippen LogP contribution >= 0.6 is 35.4 Å². The molecule has 1 heterocycles. The molecule has 2 rings (SSSR count). The average Bonchev–Trinajstić information content (AvgIpc) is 2.88. The Hall–Kier alpha value is -1.49. The number of hydrogen-bond donors (Lipinski definition) is 1. The molecule has 0 atom stereocenters. The molecule has 1 N–H and O–H groups in total. The highest BCUT2D eigenvalue weighted by molar-refractivity contribution is 7.81. The number of allylic oxidation sites excluding steroid dienone is 1. The zero-order chi connectivity index (χ0) is 16.1. The Labute approximate surface area is 144 Å². The molecule has 0 amide bonds. The molecule has 0 spiro atoms. The molecule has 116 valence electrons. The van der Waals surface area contributed by atoms with E-state index < -0.39 is 0 Å². The molecule has 2 aromatic rings. The molecule has 0 unspecified atom stereocenters. The number of anilines is 1. The highest BCUT2D eigenvalue weighted by Crippen LogP contribution is 2.28. The third kappa shape index (κ3) is 4.50. The number of hydrogen-bond acceptors (Lipinski definition) is 3. The molecule has 0 saturated heterocycles. The molecule has 1 aromatic carbocycles. The SMILES string of the molecule is C/C(Cl)=C/COc1cc(NC(=S)c2ccoc2C)ccc1Cl. The second-order valence-electron chi connectivity index (χ2n) is 4.59. The summed E-state index contributed by atoms with van der Waals surface area (Å²) in [5, 5.41) is 4.34. The molecule has 0 aliphatic carbocycles. The molecule has 1 aromatic heterocycles. The summed E-state index contributed by atoms with van der Waals surface area (Å²) >= 11 is 17.3. The molecule has 0 aliphatic heterocycles. The molecule has 0 aliphatic rings. The van der Waals surface area contributed by atoms with Crippen LogP contribution in [0.2, 0.25) is 5.02 Å². The minimum absolute atomic E-state index is 0.351. The number of aryl methyl sites for hydroxylation is 1. The van der Waals surface area contributed by atoms with Crippen LogP contribution in [0.15, 0.2) is 46.1 Å². The van der Waals surface area contributed by atoms with Crippen molar-refractivity contribution in [1.82, 2.24) is 0 Å². The molecule has 22 heavy (non-hydrogen) atoms. The van der Waals surface area contributed by atoms with E-state index in [0.29, 0.717) is 27.4 Å². The number of ether oxygens (including phenoxy) is 1. The van der Waals surface area contributed by atoms with Gasteiger partial charge in [0.05, 0.1) is 16.8 Å². The molecule has 0 saturated carbocycles. The smallest absolute Gasteiger partial charge is 0.140 e. The maximum Gasteiger partial charge on any atom is 0.140 e. The zero-order valence-corrected chi connectivity index (χ0v) is 14.5. The second-order valence-corrected chi connectivity index (χ2v) is 6.00. The van der Waals surface area contributed by atoms with E-state index in [-0.39, 0.29) is 0 Å². The summed E-state index contributed by atoms with van der Waals surface area (Å²) in [4.78, 5) is 0.580. The Bertz CT molecular complexity index is 706. The Morgan fingerprint density at radius 1 is 1.41 bits per heavy atom. The summed E-state index contributed by atoms with van der Waals surface area (Å²) in [6.45, 7) is 4.00. The largest absolute Gasteiger partial charge is 0.488 e. The zero-order valence-electron chi connectivity index (χ0n) is 12.2. The van der Waals surface area contributed by atoms with Gasteiger partial charge in [-0.1, -0.05) is 35.4 Å². The van der Waals surface area contributed by atoms with Gasteiger partial charge in [0.2, 0.25) is 0 Å². The third-order valence-corrected chi connectivity index (χ3v) is 3.68. The number of rotatable bonds is 5. The minimum Gasteiger partial charge on any atom is -0.488 e. The topological polar surface area (TPSA) is 34.4 Å². The minimum atomic E-state index is 0.351. The lowest BCUT2D eigenvalue weighted by Crippen LogP contribution is -2.10. The van der Waals surface area contributed by atoms with Gasteiger partial charge in [-0.3, -0.25) is 0 Å². The molecule has 3 nitrogen and oxygen atoms in total. The highest BCUT2D eigenvalue weighted by atomic mass is 35.5. The summed E-state index contributed by atoms with van der Waals surface area (Å²) in [6.07, 6.45) is 3.37. The number of nitrogens with one attached hydrogen (secondary N) is 1. The monoisotopic (exact) mass is 355 g/mol. The van der Waals surface area contributed by atoms with Crippen LogP contribution in [0, 0.1) is 6.92 Å². The summed E-state index contributed by atoms with van der Waals surface area (Å²) < 4.78 is 10.8. The van der Waals surface area contributed by atoms with Crippen molar-refractivity contribution in [2.75, 3.05) is 11.9 Å². The summed E-state index contributed by atoms with van der Waals surface area (Å²) in [5.74, 6) is 1.33. The van der Waals surface area contributed by atoms with E-state index in [1.54, 1.807) is 31.4 Å². The van der Waals surface area contributed by atoms with Crippen LogP contribution in [0.1, 0.15) is 18.2 Å². The number of halogens is 2. The molecule has 0 bridgehead atoms. The van der Waals surface area contributed by atoms with Crippen LogP contribution < -0.4 is 10.1 Å². The fourth-order valence-electron chi connectivity index (χ4n) is 1.76. The van der Waals surface area contributed by atoms with Crippen molar-refractivity contribution in [3.63, 3.8) is 0 Å². The fourth-order valence-corrected chi connectivity index (χ4v) is 2.32. The van der Waals surface area contributed by atoms with Crippen molar-refractivity contribution in [2.24, 2.45) is 0 Å². The summed E-state index contributed by atoms with van der Waals surface area (Å²) in [5.41, 5.74) is 1.64. The average molecular weight is 356 g/mol. The first-order valence-corrected chi connectivity index (χ1v) is 7.74. The van der Waals surface area contributed by atoms with Gasteiger partial charge in [0.15, 0.2) is 0 Å². The van der Waals surface area contributed by atoms with Gasteiger partial charge >= 0.3 is 0 Å². The highest BCUT2D eigenvalue weighted by Gasteiger charge is 2.09. The van der Waals surface area contributed by atoms with Crippen LogP contribution in [-0.2, 0) is 0 Å². The summed E-state index contributed by atoms with van der Waals surface area (Å²) in [6, 6.07) is 7.20. The van der Waals surface area contributed by atoms with Gasteiger partial charge in [-0.2, -0.15) is 0 Å². The van der Waals surface area contributed by atoms with Crippen LogP contribution in [-0.4, -0.2) is 11.6 Å². The van der Waals surface area contributed by atoms with E-state index >= 15 is 0 Å². The van der Waals surface area contributed by atoms with E-state index in [1.165, 1.54) is 0 Å². The second kappa shape index (κ2) is 7.68. The van der Waals surface area contributed by atoms with Crippen molar-refractivity contribution in [2.45, 2.75) is 13.8 Å². The van der Waals surface area contributed by atoms with Crippen LogP contribution in [0.3, 0.4) is 0 Å². The van der Waals surface area contributed by atoms with Crippen LogP contribution in [0.25, 0.3) is 0 Å². The van der Waals surface area contributed by atoms with E-state index in [2.05, 4.69) is 5.32 Å². The van der Waals surface area contributed by atoms with Gasteiger partial charge < -0.3 is 14.5 Å². The van der Waals surface area contributed by atoms with Gasteiger partial charge in [0, 0.05) is 16.8 Å². The van der Waals surface area contributed by atoms with Crippen molar-refractivity contribution < 1.29 is 9.15 Å². The van der Waals surface area contributed by atoms with Gasteiger partial charge in [0.1, 0.15) is 23.1 Å². The first-order chi connectivity index (χ1) is 10.5. The van der Waals surface area contributed by atoms with Crippen molar-refractivity contribution in [3.05, 3.63) is 58.0 Å². The van der Waals surface area contributed by atoms with Crippen LogP contribution in [0.4, 0.5) is 5.69 Å². The van der Waals surface area contributed by atoms with Crippen molar-refractivity contribution in [3.8, 4) is 5.75 Å². The number of thiocarbonyl (C=S) groups is 1. The van der Waals surface area contributed by atoms with Crippen molar-refractivity contribution in [1.29, 1.82) is 0 Å². The van der Waals surface area contributed by atoms with E-state index in [0.717, 1.165) is 17.0 Å². The molecular weight excluding hydrogens is 341 g/mol. The molecular formula is C16H15Cl2NO2S. The van der Waals surface area contributed by atoms with E-state index in [1.807, 2.05) is 19.1 Å². The lowest BCUT2D eigenvalue weighted by Gasteiger charge is -2.11. The first kappa shape index (κ1) is 16.9. The lowest BCUT2D eigenvalue weighted by molar-refractivity contribution is 0.363. The Kier molecular flexibility index (Phi) is 5.89. The molecule has 6 heteroatoms. The normalized spacial score (nSPS) is 11.4. The van der Waals surface area contributed by atoms with Crippen molar-refractivity contribution >= 4 is 46.1 Å².